The second-order valence-corrected chi connectivity index (χ2v) is 12.3. The molecule has 0 aliphatic carbocycles. The fraction of sp³-hybridized carbons (Fsp3) is 0. The van der Waals surface area contributed by atoms with Gasteiger partial charge in [-0.1, -0.05) is 91.0 Å². The number of nitrogens with zero attached hydrogens (tertiary/aromatic N) is 5. The fourth-order valence-electron chi connectivity index (χ4n) is 7.36. The van der Waals surface area contributed by atoms with Crippen molar-refractivity contribution in [3.05, 3.63) is 180 Å². The topological polar surface area (TPSA) is 42.4 Å². The molecule has 9 aromatic rings. The normalized spacial score (nSPS) is 11.1. The summed E-state index contributed by atoms with van der Waals surface area (Å²) in [6.07, 6.45) is 0. The average molecular weight is 636 g/mol. The highest BCUT2D eigenvalue weighted by molar-refractivity contribution is 6.12. The third-order valence-corrected chi connectivity index (χ3v) is 9.56. The zero-order chi connectivity index (χ0) is 33.8. The molecule has 0 atom stereocenters. The molecule has 0 fully saturated rings. The molecule has 0 aliphatic rings. The lowest BCUT2D eigenvalue weighted by atomic mass is 9.93. The zero-order valence-corrected chi connectivity index (χ0v) is 26.7. The van der Waals surface area contributed by atoms with Crippen molar-refractivity contribution >= 4 is 55.0 Å². The molecule has 230 valence electrons. The lowest BCUT2D eigenvalue weighted by molar-refractivity contribution is 1.17. The first-order valence-electron chi connectivity index (χ1n) is 16.2. The monoisotopic (exact) mass is 635 g/mol. The van der Waals surface area contributed by atoms with Gasteiger partial charge in [-0.25, -0.2) is 9.69 Å². The molecule has 0 unspecified atom stereocenters. The van der Waals surface area contributed by atoms with Crippen LogP contribution < -0.4 is 0 Å². The van der Waals surface area contributed by atoms with Gasteiger partial charge in [0, 0.05) is 22.0 Å². The molecule has 0 saturated heterocycles. The summed E-state index contributed by atoms with van der Waals surface area (Å²) < 4.78 is 4.40. The van der Waals surface area contributed by atoms with E-state index >= 15 is 0 Å². The van der Waals surface area contributed by atoms with Crippen molar-refractivity contribution in [1.82, 2.24) is 9.13 Å². The van der Waals surface area contributed by atoms with Crippen LogP contribution in [0.2, 0.25) is 0 Å². The van der Waals surface area contributed by atoms with Crippen LogP contribution >= 0.6 is 0 Å². The first kappa shape index (κ1) is 28.8. The van der Waals surface area contributed by atoms with E-state index in [2.05, 4.69) is 122 Å². The fourth-order valence-corrected chi connectivity index (χ4v) is 7.36. The molecule has 2 heterocycles. The van der Waals surface area contributed by atoms with Gasteiger partial charge in [0.2, 0.25) is 0 Å². The predicted molar refractivity (Wildman–Crippen MR) is 203 cm³/mol. The van der Waals surface area contributed by atoms with Gasteiger partial charge in [-0.3, -0.25) is 0 Å². The number of rotatable bonds is 4. The van der Waals surface area contributed by atoms with E-state index in [9.17, 15) is 5.26 Å². The van der Waals surface area contributed by atoms with Crippen LogP contribution in [0, 0.1) is 24.5 Å². The second kappa shape index (κ2) is 11.4. The van der Waals surface area contributed by atoms with Gasteiger partial charge in [-0.15, -0.1) is 0 Å². The van der Waals surface area contributed by atoms with Crippen molar-refractivity contribution in [2.45, 2.75) is 0 Å². The van der Waals surface area contributed by atoms with Gasteiger partial charge in [0.05, 0.1) is 46.5 Å². The van der Waals surface area contributed by atoms with Crippen molar-refractivity contribution in [2.24, 2.45) is 0 Å². The third-order valence-electron chi connectivity index (χ3n) is 9.56. The van der Waals surface area contributed by atoms with E-state index < -0.39 is 0 Å². The van der Waals surface area contributed by atoms with E-state index in [1.54, 1.807) is 0 Å². The second-order valence-electron chi connectivity index (χ2n) is 12.3. The van der Waals surface area contributed by atoms with Crippen molar-refractivity contribution in [3.63, 3.8) is 0 Å². The van der Waals surface area contributed by atoms with Crippen molar-refractivity contribution < 1.29 is 0 Å². The van der Waals surface area contributed by atoms with E-state index in [1.165, 1.54) is 10.8 Å². The summed E-state index contributed by atoms with van der Waals surface area (Å²) in [6, 6.07) is 53.6. The summed E-state index contributed by atoms with van der Waals surface area (Å²) >= 11 is 0. The molecule has 5 nitrogen and oxygen atoms in total. The number of fused-ring (bicyclic) bond motifs is 6. The standard InChI is InChI=1S/C45H25N5/c1-47-32-19-21-43-38(26-32)39-27-33(48-2)20-22-44(39)50(43)45-25-31(29-11-4-3-5-12-29)24-37(40(45)28-46)30-13-10-14-34(23-30)49-41-17-8-6-15-35(41)36-16-7-9-18-42(36)49/h3-27H. The smallest absolute Gasteiger partial charge is 0.188 e. The van der Waals surface area contributed by atoms with Crippen LogP contribution in [0.25, 0.3) is 86.9 Å². The lowest BCUT2D eigenvalue weighted by Gasteiger charge is -2.17. The van der Waals surface area contributed by atoms with Crippen LogP contribution in [0.15, 0.2) is 152 Å². The lowest BCUT2D eigenvalue weighted by Crippen LogP contribution is -2.01. The molecule has 7 aromatic carbocycles. The van der Waals surface area contributed by atoms with Gasteiger partial charge in [0.1, 0.15) is 6.07 Å². The molecule has 2 aromatic heterocycles. The summed E-state index contributed by atoms with van der Waals surface area (Å²) in [7, 11) is 0. The molecule has 0 bridgehead atoms. The SMILES string of the molecule is [C-]#[N+]c1ccc2c(c1)c1cc([N+]#[C-])ccc1n2-c1cc(-c2ccccc2)cc(-c2cccc(-n3c4ccccc4c4ccccc43)c2)c1C#N. The van der Waals surface area contributed by atoms with Crippen molar-refractivity contribution in [2.75, 3.05) is 0 Å². The Balaban J connectivity index is 1.36. The van der Waals surface area contributed by atoms with Crippen LogP contribution in [-0.4, -0.2) is 9.13 Å². The maximum absolute atomic E-state index is 11.0. The van der Waals surface area contributed by atoms with Crippen LogP contribution in [0.4, 0.5) is 11.4 Å². The maximum atomic E-state index is 11.0. The molecule has 50 heavy (non-hydrogen) atoms. The van der Waals surface area contributed by atoms with E-state index in [0.717, 1.165) is 66.5 Å². The van der Waals surface area contributed by atoms with Crippen LogP contribution in [-0.2, 0) is 0 Å². The molecule has 0 radical (unpaired) electrons. The molecular weight excluding hydrogens is 611 g/mol. The molecular formula is C45H25N5. The Hall–Kier alpha value is -7.39. The van der Waals surface area contributed by atoms with Crippen LogP contribution in [0.5, 0.6) is 0 Å². The number of hydrogen-bond donors (Lipinski definition) is 0. The van der Waals surface area contributed by atoms with Gasteiger partial charge in [0.15, 0.2) is 11.4 Å². The maximum Gasteiger partial charge on any atom is 0.188 e. The minimum absolute atomic E-state index is 0.519. The summed E-state index contributed by atoms with van der Waals surface area (Å²) in [5.74, 6) is 0. The number of hydrogen-bond acceptors (Lipinski definition) is 1. The Kier molecular flexibility index (Phi) is 6.56. The van der Waals surface area contributed by atoms with E-state index in [0.29, 0.717) is 16.9 Å². The van der Waals surface area contributed by atoms with E-state index in [4.69, 9.17) is 13.1 Å². The third kappa shape index (κ3) is 4.38. The van der Waals surface area contributed by atoms with Crippen LogP contribution in [0.3, 0.4) is 0 Å². The Morgan fingerprint density at radius 2 is 1.02 bits per heavy atom. The molecule has 5 heteroatoms. The van der Waals surface area contributed by atoms with Gasteiger partial charge in [-0.05, 0) is 88.1 Å². The Bertz CT molecular complexity index is 2830. The molecule has 9 rings (SSSR count). The van der Waals surface area contributed by atoms with Crippen molar-refractivity contribution in [3.8, 4) is 39.7 Å². The first-order chi connectivity index (χ1) is 24.7. The average Bonchev–Trinajstić information content (AvgIpc) is 3.69. The molecule has 0 amide bonds. The Morgan fingerprint density at radius 1 is 0.460 bits per heavy atom. The van der Waals surface area contributed by atoms with Gasteiger partial charge in [-0.2, -0.15) is 5.26 Å². The van der Waals surface area contributed by atoms with Crippen LogP contribution in [0.1, 0.15) is 5.56 Å². The minimum atomic E-state index is 0.519. The predicted octanol–water partition coefficient (Wildman–Crippen LogP) is 12.2. The van der Waals surface area contributed by atoms with Gasteiger partial charge < -0.3 is 9.13 Å². The molecule has 0 N–H and O–H groups in total. The summed E-state index contributed by atoms with van der Waals surface area (Å²) in [5.41, 5.74) is 11.0. The first-order valence-corrected chi connectivity index (χ1v) is 16.2. The summed E-state index contributed by atoms with van der Waals surface area (Å²) in [6.45, 7) is 15.3. The largest absolute Gasteiger partial charge is 0.309 e. The molecule has 0 spiro atoms. The Labute approximate surface area is 288 Å². The molecule has 0 aliphatic heterocycles. The quantitative estimate of drug-likeness (QED) is 0.177. The Morgan fingerprint density at radius 3 is 1.62 bits per heavy atom. The number of para-hydroxylation sites is 2. The highest BCUT2D eigenvalue weighted by atomic mass is 15.0. The van der Waals surface area contributed by atoms with E-state index in [1.807, 2.05) is 54.6 Å². The molecule has 0 saturated carbocycles. The highest BCUT2D eigenvalue weighted by Gasteiger charge is 2.21. The van der Waals surface area contributed by atoms with Gasteiger partial charge in [0.25, 0.3) is 0 Å². The minimum Gasteiger partial charge on any atom is -0.309 e. The van der Waals surface area contributed by atoms with Crippen molar-refractivity contribution in [1.29, 1.82) is 5.26 Å². The highest BCUT2D eigenvalue weighted by Crippen LogP contribution is 2.41. The van der Waals surface area contributed by atoms with Gasteiger partial charge >= 0.3 is 0 Å². The number of nitriles is 1. The van der Waals surface area contributed by atoms with E-state index in [-0.39, 0.29) is 0 Å². The summed E-state index contributed by atoms with van der Waals surface area (Å²) in [5, 5.41) is 15.1. The zero-order valence-electron chi connectivity index (χ0n) is 26.7. The summed E-state index contributed by atoms with van der Waals surface area (Å²) in [4.78, 5) is 7.37. The number of benzene rings is 7. The number of aromatic nitrogens is 2.